The van der Waals surface area contributed by atoms with Gasteiger partial charge in [-0.3, -0.25) is 0 Å². The number of rotatable bonds is 5. The van der Waals surface area contributed by atoms with Crippen molar-refractivity contribution in [3.63, 3.8) is 0 Å². The van der Waals surface area contributed by atoms with E-state index >= 15 is 0 Å². The lowest BCUT2D eigenvalue weighted by Gasteiger charge is -2.10. The molecule has 0 bridgehead atoms. The molecular formula is C19H18Cl2N2O. The van der Waals surface area contributed by atoms with Crippen LogP contribution < -0.4 is 10.5 Å². The highest BCUT2D eigenvalue weighted by Crippen LogP contribution is 2.27. The summed E-state index contributed by atoms with van der Waals surface area (Å²) < 4.78 is 5.70. The Morgan fingerprint density at radius 2 is 1.79 bits per heavy atom. The summed E-state index contributed by atoms with van der Waals surface area (Å²) in [5.41, 5.74) is 9.91. The van der Waals surface area contributed by atoms with Crippen LogP contribution >= 0.6 is 24.0 Å². The average Bonchev–Trinajstić information content (AvgIpc) is 2.61. The third-order valence-corrected chi connectivity index (χ3v) is 3.80. The fourth-order valence-electron chi connectivity index (χ4n) is 2.35. The first-order valence-electron chi connectivity index (χ1n) is 7.38. The molecule has 0 aliphatic rings. The van der Waals surface area contributed by atoms with Crippen LogP contribution in [0.3, 0.4) is 0 Å². The number of hydrogen-bond acceptors (Lipinski definition) is 3. The first-order valence-corrected chi connectivity index (χ1v) is 7.75. The van der Waals surface area contributed by atoms with E-state index in [-0.39, 0.29) is 12.4 Å². The predicted molar refractivity (Wildman–Crippen MR) is 101 cm³/mol. The van der Waals surface area contributed by atoms with Crippen molar-refractivity contribution < 1.29 is 4.74 Å². The summed E-state index contributed by atoms with van der Waals surface area (Å²) in [6.07, 6.45) is 1.78. The fourth-order valence-corrected chi connectivity index (χ4v) is 2.52. The van der Waals surface area contributed by atoms with E-state index in [0.717, 1.165) is 22.3 Å². The van der Waals surface area contributed by atoms with Crippen molar-refractivity contribution >= 4 is 24.0 Å². The summed E-state index contributed by atoms with van der Waals surface area (Å²) in [4.78, 5) is 4.37. The number of ether oxygens (including phenoxy) is 1. The van der Waals surface area contributed by atoms with Crippen LogP contribution in [0.25, 0.3) is 11.1 Å². The van der Waals surface area contributed by atoms with Gasteiger partial charge in [0.2, 0.25) is 5.88 Å². The molecule has 0 saturated carbocycles. The maximum absolute atomic E-state index is 6.09. The van der Waals surface area contributed by atoms with Crippen LogP contribution in [0, 0.1) is 0 Å². The number of pyridine rings is 1. The van der Waals surface area contributed by atoms with Gasteiger partial charge in [0.15, 0.2) is 0 Å². The lowest BCUT2D eigenvalue weighted by Crippen LogP contribution is -2.00. The smallest absolute Gasteiger partial charge is 0.213 e. The highest BCUT2D eigenvalue weighted by molar-refractivity contribution is 6.30. The van der Waals surface area contributed by atoms with Crippen LogP contribution in [0.5, 0.6) is 5.88 Å². The summed E-state index contributed by atoms with van der Waals surface area (Å²) in [5.74, 6) is 0.592. The van der Waals surface area contributed by atoms with Crippen molar-refractivity contribution in [2.45, 2.75) is 13.2 Å². The zero-order chi connectivity index (χ0) is 16.1. The van der Waals surface area contributed by atoms with Crippen LogP contribution in [0.4, 0.5) is 0 Å². The van der Waals surface area contributed by atoms with Crippen LogP contribution in [0.1, 0.15) is 11.1 Å². The Morgan fingerprint density at radius 1 is 1.00 bits per heavy atom. The molecule has 0 aliphatic heterocycles. The average molecular weight is 361 g/mol. The molecule has 2 N–H and O–H groups in total. The maximum Gasteiger partial charge on any atom is 0.213 e. The molecule has 0 aliphatic carbocycles. The largest absolute Gasteiger partial charge is 0.473 e. The van der Waals surface area contributed by atoms with E-state index < -0.39 is 0 Å². The number of nitrogens with two attached hydrogens (primary N) is 1. The first kappa shape index (κ1) is 18.3. The lowest BCUT2D eigenvalue weighted by molar-refractivity contribution is 0.294. The van der Waals surface area contributed by atoms with Gasteiger partial charge in [-0.05, 0) is 34.9 Å². The molecule has 1 heterocycles. The molecule has 2 aromatic carbocycles. The van der Waals surface area contributed by atoms with Gasteiger partial charge in [0, 0.05) is 29.4 Å². The zero-order valence-corrected chi connectivity index (χ0v) is 14.6. The van der Waals surface area contributed by atoms with Crippen molar-refractivity contribution in [3.05, 3.63) is 83.0 Å². The fraction of sp³-hybridized carbons (Fsp3) is 0.105. The van der Waals surface area contributed by atoms with Crippen molar-refractivity contribution in [1.29, 1.82) is 0 Å². The molecule has 0 spiro atoms. The third kappa shape index (κ3) is 4.48. The number of hydrogen-bond donors (Lipinski definition) is 1. The van der Waals surface area contributed by atoms with E-state index in [1.165, 1.54) is 0 Å². The molecule has 0 radical (unpaired) electrons. The standard InChI is InChI=1S/C19H17ClN2O.ClH/c20-17-8-6-15(11-21)18(10-17)16-7-9-19(22-12-16)23-13-14-4-2-1-3-5-14;/h1-10,12H,11,13,21H2;1H. The summed E-state index contributed by atoms with van der Waals surface area (Å²) in [7, 11) is 0. The topological polar surface area (TPSA) is 48.1 Å². The van der Waals surface area contributed by atoms with Gasteiger partial charge in [-0.2, -0.15) is 0 Å². The highest BCUT2D eigenvalue weighted by Gasteiger charge is 2.06. The van der Waals surface area contributed by atoms with E-state index in [0.29, 0.717) is 24.1 Å². The van der Waals surface area contributed by atoms with Crippen molar-refractivity contribution in [1.82, 2.24) is 4.98 Å². The van der Waals surface area contributed by atoms with Gasteiger partial charge in [-0.15, -0.1) is 12.4 Å². The summed E-state index contributed by atoms with van der Waals surface area (Å²) in [6, 6.07) is 19.5. The molecule has 0 amide bonds. The molecule has 0 unspecified atom stereocenters. The van der Waals surface area contributed by atoms with Crippen molar-refractivity contribution in [2.75, 3.05) is 0 Å². The van der Waals surface area contributed by atoms with Gasteiger partial charge < -0.3 is 10.5 Å². The van der Waals surface area contributed by atoms with Gasteiger partial charge in [-0.1, -0.05) is 48.0 Å². The van der Waals surface area contributed by atoms with E-state index in [9.17, 15) is 0 Å². The number of benzene rings is 2. The Hall–Kier alpha value is -2.07. The third-order valence-electron chi connectivity index (χ3n) is 3.57. The Labute approximate surface area is 152 Å². The van der Waals surface area contributed by atoms with E-state index in [1.807, 2.05) is 60.7 Å². The molecule has 0 saturated heterocycles. The molecule has 3 nitrogen and oxygen atoms in total. The van der Waals surface area contributed by atoms with Crippen molar-refractivity contribution in [2.24, 2.45) is 5.73 Å². The lowest BCUT2D eigenvalue weighted by atomic mass is 10.0. The minimum Gasteiger partial charge on any atom is -0.473 e. The normalized spacial score (nSPS) is 10.1. The second-order valence-electron chi connectivity index (χ2n) is 5.16. The first-order chi connectivity index (χ1) is 11.3. The summed E-state index contributed by atoms with van der Waals surface area (Å²) >= 11 is 6.09. The van der Waals surface area contributed by atoms with Gasteiger partial charge in [0.25, 0.3) is 0 Å². The Morgan fingerprint density at radius 3 is 2.46 bits per heavy atom. The molecule has 0 atom stereocenters. The molecule has 3 aromatic rings. The molecule has 3 rings (SSSR count). The quantitative estimate of drug-likeness (QED) is 0.706. The maximum atomic E-state index is 6.09. The van der Waals surface area contributed by atoms with Crippen LogP contribution in [-0.2, 0) is 13.2 Å². The second-order valence-corrected chi connectivity index (χ2v) is 5.60. The molecule has 24 heavy (non-hydrogen) atoms. The Kier molecular flexibility index (Phi) is 6.62. The highest BCUT2D eigenvalue weighted by atomic mass is 35.5. The Balaban J connectivity index is 0.00000208. The van der Waals surface area contributed by atoms with Gasteiger partial charge in [-0.25, -0.2) is 4.98 Å². The summed E-state index contributed by atoms with van der Waals surface area (Å²) in [5, 5.41) is 0.682. The van der Waals surface area contributed by atoms with Gasteiger partial charge in [0.05, 0.1) is 0 Å². The van der Waals surface area contributed by atoms with E-state index in [4.69, 9.17) is 22.1 Å². The zero-order valence-electron chi connectivity index (χ0n) is 13.0. The molecule has 5 heteroatoms. The van der Waals surface area contributed by atoms with Crippen molar-refractivity contribution in [3.8, 4) is 17.0 Å². The van der Waals surface area contributed by atoms with Crippen LogP contribution in [-0.4, -0.2) is 4.98 Å². The molecule has 0 fully saturated rings. The Bertz CT molecular complexity index is 777. The molecule has 1 aromatic heterocycles. The minimum absolute atomic E-state index is 0. The van der Waals surface area contributed by atoms with E-state index in [1.54, 1.807) is 6.20 Å². The van der Waals surface area contributed by atoms with E-state index in [2.05, 4.69) is 4.98 Å². The van der Waals surface area contributed by atoms with Crippen LogP contribution in [0.2, 0.25) is 5.02 Å². The number of halogens is 2. The number of nitrogens with zero attached hydrogens (tertiary/aromatic N) is 1. The minimum atomic E-state index is 0. The molecular weight excluding hydrogens is 343 g/mol. The predicted octanol–water partition coefficient (Wildman–Crippen LogP) is 4.86. The van der Waals surface area contributed by atoms with Gasteiger partial charge >= 0.3 is 0 Å². The van der Waals surface area contributed by atoms with Gasteiger partial charge in [0.1, 0.15) is 6.61 Å². The molecule has 124 valence electrons. The number of aromatic nitrogens is 1. The monoisotopic (exact) mass is 360 g/mol. The van der Waals surface area contributed by atoms with Crippen LogP contribution in [0.15, 0.2) is 66.9 Å². The second kappa shape index (κ2) is 8.69. The summed E-state index contributed by atoms with van der Waals surface area (Å²) in [6.45, 7) is 0.956. The SMILES string of the molecule is Cl.NCc1ccc(Cl)cc1-c1ccc(OCc2ccccc2)nc1.